The second kappa shape index (κ2) is 6.66. The number of halogens is 1. The molecule has 2 saturated heterocycles. The number of ether oxygens (including phenoxy) is 1. The Morgan fingerprint density at radius 3 is 2.41 bits per heavy atom. The molecular formula is C21H19FN2O5. The molecule has 0 aliphatic carbocycles. The Kier molecular flexibility index (Phi) is 4.38. The number of hydrogen-bond acceptors (Lipinski definition) is 6. The second-order valence-electron chi connectivity index (χ2n) is 7.37. The van der Waals surface area contributed by atoms with Gasteiger partial charge in [-0.05, 0) is 36.8 Å². The Labute approximate surface area is 166 Å². The summed E-state index contributed by atoms with van der Waals surface area (Å²) in [6.07, 6.45) is 0. The Bertz CT molecular complexity index is 1010. The third-order valence-corrected chi connectivity index (χ3v) is 5.74. The number of carbonyl (C=O) groups excluding carboxylic acids is 3. The number of benzene rings is 2. The predicted molar refractivity (Wildman–Crippen MR) is 100 cm³/mol. The number of phenolic OH excluding ortho intramolecular Hbond substituents is 1. The van der Waals surface area contributed by atoms with E-state index < -0.39 is 47.0 Å². The number of fused-ring (bicyclic) bond motifs is 1. The van der Waals surface area contributed by atoms with E-state index in [0.717, 1.165) is 4.90 Å². The van der Waals surface area contributed by atoms with Gasteiger partial charge in [0.05, 0.1) is 24.6 Å². The van der Waals surface area contributed by atoms with Gasteiger partial charge in [-0.25, -0.2) is 9.29 Å². The van der Waals surface area contributed by atoms with Crippen LogP contribution in [-0.4, -0.2) is 35.5 Å². The van der Waals surface area contributed by atoms with Gasteiger partial charge in [0.2, 0.25) is 11.8 Å². The number of para-hydroxylation sites is 1. The Balaban J connectivity index is 1.84. The number of nitrogens with zero attached hydrogens (tertiary/aromatic N) is 1. The molecule has 0 saturated carbocycles. The van der Waals surface area contributed by atoms with Crippen molar-refractivity contribution in [3.63, 3.8) is 0 Å². The number of hydrogen-bond donors (Lipinski definition) is 2. The molecule has 0 unspecified atom stereocenters. The van der Waals surface area contributed by atoms with E-state index in [0.29, 0.717) is 5.56 Å². The lowest BCUT2D eigenvalue weighted by Crippen LogP contribution is -2.54. The van der Waals surface area contributed by atoms with Crippen LogP contribution in [0.3, 0.4) is 0 Å². The molecule has 0 radical (unpaired) electrons. The number of aromatic hydroxyl groups is 1. The monoisotopic (exact) mass is 398 g/mol. The van der Waals surface area contributed by atoms with Crippen LogP contribution in [0.1, 0.15) is 18.5 Å². The van der Waals surface area contributed by atoms with Gasteiger partial charge in [0.25, 0.3) is 0 Å². The van der Waals surface area contributed by atoms with E-state index >= 15 is 0 Å². The zero-order chi connectivity index (χ0) is 20.9. The van der Waals surface area contributed by atoms with Gasteiger partial charge in [-0.2, -0.15) is 0 Å². The van der Waals surface area contributed by atoms with E-state index in [9.17, 15) is 23.9 Å². The molecule has 4 rings (SSSR count). The number of amides is 2. The number of rotatable bonds is 3. The summed E-state index contributed by atoms with van der Waals surface area (Å²) in [5.41, 5.74) is -1.01. The first-order chi connectivity index (χ1) is 13.8. The SMILES string of the molecule is COC(=O)[C@]1(C)N[C@H](c2ccc(O)cc2)[C@H]2C(=O)N(c3ccccc3F)C(=O)[C@@H]21. The van der Waals surface area contributed by atoms with E-state index in [2.05, 4.69) is 5.32 Å². The summed E-state index contributed by atoms with van der Waals surface area (Å²) in [5.74, 6) is -4.61. The van der Waals surface area contributed by atoms with Gasteiger partial charge in [0.1, 0.15) is 17.1 Å². The number of nitrogens with one attached hydrogen (secondary N) is 1. The van der Waals surface area contributed by atoms with Crippen LogP contribution in [-0.2, 0) is 19.1 Å². The number of anilines is 1. The molecule has 2 aromatic rings. The maximum Gasteiger partial charge on any atom is 0.326 e. The maximum absolute atomic E-state index is 14.4. The van der Waals surface area contributed by atoms with Crippen molar-refractivity contribution < 1.29 is 28.6 Å². The quantitative estimate of drug-likeness (QED) is 0.606. The highest BCUT2D eigenvalue weighted by molar-refractivity contribution is 6.24. The molecule has 2 aliphatic rings. The van der Waals surface area contributed by atoms with Crippen molar-refractivity contribution in [2.24, 2.45) is 11.8 Å². The van der Waals surface area contributed by atoms with Gasteiger partial charge < -0.3 is 9.84 Å². The van der Waals surface area contributed by atoms with Crippen LogP contribution in [0.25, 0.3) is 0 Å². The van der Waals surface area contributed by atoms with Crippen molar-refractivity contribution in [2.45, 2.75) is 18.5 Å². The first-order valence-electron chi connectivity index (χ1n) is 9.07. The van der Waals surface area contributed by atoms with E-state index in [1.54, 1.807) is 12.1 Å². The number of imide groups is 1. The summed E-state index contributed by atoms with van der Waals surface area (Å²) in [7, 11) is 1.20. The van der Waals surface area contributed by atoms with Crippen molar-refractivity contribution in [2.75, 3.05) is 12.0 Å². The molecule has 8 heteroatoms. The Morgan fingerprint density at radius 1 is 1.14 bits per heavy atom. The normalized spacial score (nSPS) is 28.5. The van der Waals surface area contributed by atoms with E-state index in [-0.39, 0.29) is 11.4 Å². The first kappa shape index (κ1) is 19.1. The smallest absolute Gasteiger partial charge is 0.326 e. The molecule has 0 spiro atoms. The van der Waals surface area contributed by atoms with Gasteiger partial charge >= 0.3 is 5.97 Å². The van der Waals surface area contributed by atoms with Crippen LogP contribution in [0.4, 0.5) is 10.1 Å². The van der Waals surface area contributed by atoms with Crippen LogP contribution in [0.15, 0.2) is 48.5 Å². The number of carbonyl (C=O) groups is 3. The molecule has 2 heterocycles. The zero-order valence-electron chi connectivity index (χ0n) is 15.8. The van der Waals surface area contributed by atoms with Crippen molar-refractivity contribution in [1.29, 1.82) is 0 Å². The summed E-state index contributed by atoms with van der Waals surface area (Å²) in [6.45, 7) is 1.51. The average molecular weight is 398 g/mol. The molecule has 4 atom stereocenters. The highest BCUT2D eigenvalue weighted by atomic mass is 19.1. The highest BCUT2D eigenvalue weighted by Gasteiger charge is 2.67. The summed E-state index contributed by atoms with van der Waals surface area (Å²) < 4.78 is 19.3. The molecule has 2 amide bonds. The molecule has 2 aromatic carbocycles. The van der Waals surface area contributed by atoms with E-state index in [4.69, 9.17) is 4.74 Å². The van der Waals surface area contributed by atoms with Crippen LogP contribution in [0, 0.1) is 17.7 Å². The van der Waals surface area contributed by atoms with Crippen molar-refractivity contribution in [3.05, 3.63) is 59.9 Å². The third-order valence-electron chi connectivity index (χ3n) is 5.74. The van der Waals surface area contributed by atoms with Gasteiger partial charge in [0, 0.05) is 6.04 Å². The fraction of sp³-hybridized carbons (Fsp3) is 0.286. The summed E-state index contributed by atoms with van der Waals surface area (Å²) in [4.78, 5) is 40.0. The van der Waals surface area contributed by atoms with Crippen molar-refractivity contribution in [1.82, 2.24) is 5.32 Å². The number of esters is 1. The molecular weight excluding hydrogens is 379 g/mol. The summed E-state index contributed by atoms with van der Waals surface area (Å²) >= 11 is 0. The third kappa shape index (κ3) is 2.71. The van der Waals surface area contributed by atoms with E-state index in [1.807, 2.05) is 0 Å². The minimum absolute atomic E-state index is 0.0424. The largest absolute Gasteiger partial charge is 0.508 e. The lowest BCUT2D eigenvalue weighted by Gasteiger charge is -2.28. The molecule has 2 N–H and O–H groups in total. The first-order valence-corrected chi connectivity index (χ1v) is 9.07. The highest BCUT2D eigenvalue weighted by Crippen LogP contribution is 2.50. The topological polar surface area (TPSA) is 95.9 Å². The predicted octanol–water partition coefficient (Wildman–Crippen LogP) is 1.91. The molecule has 0 aromatic heterocycles. The molecule has 2 fully saturated rings. The number of methoxy groups -OCH3 is 1. The fourth-order valence-corrected chi connectivity index (χ4v) is 4.38. The van der Waals surface area contributed by atoms with Gasteiger partial charge in [-0.1, -0.05) is 24.3 Å². The standard InChI is InChI=1S/C21H19FN2O5/c1-21(20(28)29-2)16-15(17(23-21)11-7-9-12(25)10-8-11)18(26)24(19(16)27)14-6-4-3-5-13(14)22/h3-10,15-17,23,25H,1-2H3/t15-,16+,17+,21+/m0/s1. The van der Waals surface area contributed by atoms with Gasteiger partial charge in [0.15, 0.2) is 0 Å². The summed E-state index contributed by atoms with van der Waals surface area (Å²) in [6, 6.07) is 10.9. The van der Waals surface area contributed by atoms with Crippen LogP contribution < -0.4 is 10.2 Å². The number of phenols is 1. The minimum atomic E-state index is -1.48. The Hall–Kier alpha value is -3.26. The Morgan fingerprint density at radius 2 is 1.79 bits per heavy atom. The molecule has 150 valence electrons. The van der Waals surface area contributed by atoms with Crippen LogP contribution in [0.5, 0.6) is 5.75 Å². The second-order valence-corrected chi connectivity index (χ2v) is 7.37. The molecule has 29 heavy (non-hydrogen) atoms. The average Bonchev–Trinajstić information content (AvgIpc) is 3.17. The van der Waals surface area contributed by atoms with Crippen LogP contribution in [0.2, 0.25) is 0 Å². The molecule has 2 aliphatic heterocycles. The van der Waals surface area contributed by atoms with Gasteiger partial charge in [-0.15, -0.1) is 0 Å². The van der Waals surface area contributed by atoms with E-state index in [1.165, 1.54) is 50.4 Å². The fourth-order valence-electron chi connectivity index (χ4n) is 4.38. The van der Waals surface area contributed by atoms with Crippen molar-refractivity contribution >= 4 is 23.5 Å². The van der Waals surface area contributed by atoms with Crippen LogP contribution >= 0.6 is 0 Å². The molecule has 0 bridgehead atoms. The maximum atomic E-state index is 14.4. The van der Waals surface area contributed by atoms with Crippen molar-refractivity contribution in [3.8, 4) is 5.75 Å². The minimum Gasteiger partial charge on any atom is -0.508 e. The molecule has 7 nitrogen and oxygen atoms in total. The lowest BCUT2D eigenvalue weighted by atomic mass is 9.80. The lowest BCUT2D eigenvalue weighted by molar-refractivity contribution is -0.151. The zero-order valence-corrected chi connectivity index (χ0v) is 15.8. The van der Waals surface area contributed by atoms with Gasteiger partial charge in [-0.3, -0.25) is 19.7 Å². The summed E-state index contributed by atoms with van der Waals surface area (Å²) in [5, 5.41) is 12.7.